The van der Waals surface area contributed by atoms with E-state index in [0.29, 0.717) is 12.6 Å². The van der Waals surface area contributed by atoms with Crippen LogP contribution in [0.3, 0.4) is 0 Å². The van der Waals surface area contributed by atoms with Crippen molar-refractivity contribution in [1.82, 2.24) is 20.4 Å². The number of likely N-dealkylation sites (tertiary alicyclic amines) is 1. The first-order valence-electron chi connectivity index (χ1n) is 5.96. The second kappa shape index (κ2) is 5.79. The second-order valence-electron chi connectivity index (χ2n) is 4.48. The first-order chi connectivity index (χ1) is 8.24. The molecule has 17 heavy (non-hydrogen) atoms. The van der Waals surface area contributed by atoms with Crippen LogP contribution in [-0.2, 0) is 11.3 Å². The first-order valence-corrected chi connectivity index (χ1v) is 5.96. The third kappa shape index (κ3) is 3.83. The number of nitrogens with two attached hydrogens (primary N) is 1. The number of amides is 1. The summed E-state index contributed by atoms with van der Waals surface area (Å²) in [5.74, 6) is -0.242. The number of hydrogen-bond donors (Lipinski definition) is 3. The zero-order valence-electron chi connectivity index (χ0n) is 9.85. The van der Waals surface area contributed by atoms with Crippen molar-refractivity contribution in [2.24, 2.45) is 5.73 Å². The van der Waals surface area contributed by atoms with Gasteiger partial charge in [0.05, 0.1) is 6.54 Å². The Balaban J connectivity index is 1.67. The molecule has 1 aliphatic rings. The van der Waals surface area contributed by atoms with Crippen molar-refractivity contribution < 1.29 is 4.79 Å². The molecule has 0 radical (unpaired) electrons. The van der Waals surface area contributed by atoms with Gasteiger partial charge in [-0.15, -0.1) is 0 Å². The third-order valence-corrected chi connectivity index (χ3v) is 3.11. The lowest BCUT2D eigenvalue weighted by Gasteiger charge is -2.31. The maximum Gasteiger partial charge on any atom is 0.231 e. The molecule has 1 amide bonds. The van der Waals surface area contributed by atoms with Crippen molar-refractivity contribution in [3.63, 3.8) is 0 Å². The molecule has 0 atom stereocenters. The molecule has 1 saturated heterocycles. The molecule has 0 saturated carbocycles. The molecule has 0 spiro atoms. The number of primary amides is 1. The molecule has 6 nitrogen and oxygen atoms in total. The minimum atomic E-state index is -0.242. The molecule has 0 unspecified atom stereocenters. The van der Waals surface area contributed by atoms with E-state index < -0.39 is 0 Å². The van der Waals surface area contributed by atoms with E-state index in [1.807, 2.05) is 6.07 Å². The lowest BCUT2D eigenvalue weighted by Crippen LogP contribution is -2.45. The number of carbonyl (C=O) groups is 1. The SMILES string of the molecule is NC(=O)CN1CCC(NCc2ccn[nH]2)CC1. The summed E-state index contributed by atoms with van der Waals surface area (Å²) in [6.45, 7) is 3.07. The highest BCUT2D eigenvalue weighted by atomic mass is 16.1. The van der Waals surface area contributed by atoms with E-state index in [-0.39, 0.29) is 5.91 Å². The van der Waals surface area contributed by atoms with Gasteiger partial charge < -0.3 is 11.1 Å². The molecule has 94 valence electrons. The van der Waals surface area contributed by atoms with E-state index in [1.165, 1.54) is 0 Å². The largest absolute Gasteiger partial charge is 0.369 e. The van der Waals surface area contributed by atoms with E-state index in [9.17, 15) is 4.79 Å². The van der Waals surface area contributed by atoms with Gasteiger partial charge in [0.2, 0.25) is 5.91 Å². The quantitative estimate of drug-likeness (QED) is 0.641. The summed E-state index contributed by atoms with van der Waals surface area (Å²) >= 11 is 0. The molecule has 2 heterocycles. The Labute approximate surface area is 101 Å². The van der Waals surface area contributed by atoms with Crippen LogP contribution in [0.1, 0.15) is 18.5 Å². The van der Waals surface area contributed by atoms with Crippen molar-refractivity contribution in [1.29, 1.82) is 0 Å². The maximum absolute atomic E-state index is 10.8. The highest BCUT2D eigenvalue weighted by Gasteiger charge is 2.19. The second-order valence-corrected chi connectivity index (χ2v) is 4.48. The molecule has 0 aliphatic carbocycles. The van der Waals surface area contributed by atoms with E-state index in [1.54, 1.807) is 6.20 Å². The van der Waals surface area contributed by atoms with E-state index in [2.05, 4.69) is 20.4 Å². The van der Waals surface area contributed by atoms with E-state index in [4.69, 9.17) is 5.73 Å². The van der Waals surface area contributed by atoms with E-state index >= 15 is 0 Å². The molecular weight excluding hydrogens is 218 g/mol. The Morgan fingerprint density at radius 3 is 2.94 bits per heavy atom. The average Bonchev–Trinajstić information content (AvgIpc) is 2.80. The summed E-state index contributed by atoms with van der Waals surface area (Å²) < 4.78 is 0. The van der Waals surface area contributed by atoms with Crippen LogP contribution in [0.4, 0.5) is 0 Å². The number of hydrogen-bond acceptors (Lipinski definition) is 4. The molecule has 1 aromatic rings. The van der Waals surface area contributed by atoms with Crippen molar-refractivity contribution in [2.45, 2.75) is 25.4 Å². The number of piperidine rings is 1. The topological polar surface area (TPSA) is 87.0 Å². The van der Waals surface area contributed by atoms with Gasteiger partial charge in [-0.2, -0.15) is 5.10 Å². The Bertz CT molecular complexity index is 343. The molecule has 1 aliphatic heterocycles. The lowest BCUT2D eigenvalue weighted by molar-refractivity contribution is -0.119. The molecule has 2 rings (SSSR count). The highest BCUT2D eigenvalue weighted by molar-refractivity contribution is 5.75. The zero-order valence-corrected chi connectivity index (χ0v) is 9.85. The van der Waals surface area contributed by atoms with Gasteiger partial charge in [-0.05, 0) is 18.9 Å². The molecule has 1 fully saturated rings. The minimum Gasteiger partial charge on any atom is -0.369 e. The van der Waals surface area contributed by atoms with Crippen molar-refractivity contribution in [2.75, 3.05) is 19.6 Å². The fourth-order valence-corrected chi connectivity index (χ4v) is 2.15. The van der Waals surface area contributed by atoms with Crippen molar-refractivity contribution >= 4 is 5.91 Å². The van der Waals surface area contributed by atoms with Gasteiger partial charge in [-0.1, -0.05) is 0 Å². The number of nitrogens with zero attached hydrogens (tertiary/aromatic N) is 2. The maximum atomic E-state index is 10.8. The predicted molar refractivity (Wildman–Crippen MR) is 64.1 cm³/mol. The predicted octanol–water partition coefficient (Wildman–Crippen LogP) is -0.551. The van der Waals surface area contributed by atoms with Crippen LogP contribution in [0.15, 0.2) is 12.3 Å². The normalized spacial score (nSPS) is 18.4. The lowest BCUT2D eigenvalue weighted by atomic mass is 10.0. The van der Waals surface area contributed by atoms with Crippen LogP contribution < -0.4 is 11.1 Å². The summed E-state index contributed by atoms with van der Waals surface area (Å²) in [4.78, 5) is 12.9. The van der Waals surface area contributed by atoms with Gasteiger partial charge in [-0.3, -0.25) is 14.8 Å². The fraction of sp³-hybridized carbons (Fsp3) is 0.636. The highest BCUT2D eigenvalue weighted by Crippen LogP contribution is 2.10. The number of carbonyl (C=O) groups excluding carboxylic acids is 1. The van der Waals surface area contributed by atoms with Gasteiger partial charge in [0.1, 0.15) is 0 Å². The Morgan fingerprint density at radius 2 is 2.35 bits per heavy atom. The summed E-state index contributed by atoms with van der Waals surface area (Å²) in [6.07, 6.45) is 3.87. The molecule has 0 bridgehead atoms. The molecule has 1 aromatic heterocycles. The number of nitrogens with one attached hydrogen (secondary N) is 2. The van der Waals surface area contributed by atoms with Gasteiger partial charge in [0.25, 0.3) is 0 Å². The van der Waals surface area contributed by atoms with Gasteiger partial charge in [0, 0.05) is 37.6 Å². The van der Waals surface area contributed by atoms with Crippen LogP contribution >= 0.6 is 0 Å². The minimum absolute atomic E-state index is 0.242. The van der Waals surface area contributed by atoms with Crippen molar-refractivity contribution in [3.05, 3.63) is 18.0 Å². The summed E-state index contributed by atoms with van der Waals surface area (Å²) in [5.41, 5.74) is 6.27. The van der Waals surface area contributed by atoms with Crippen LogP contribution in [0, 0.1) is 0 Å². The Kier molecular flexibility index (Phi) is 4.11. The van der Waals surface area contributed by atoms with Gasteiger partial charge in [0.15, 0.2) is 0 Å². The zero-order chi connectivity index (χ0) is 12.1. The van der Waals surface area contributed by atoms with Crippen LogP contribution in [0.25, 0.3) is 0 Å². The first kappa shape index (κ1) is 12.1. The Morgan fingerprint density at radius 1 is 1.59 bits per heavy atom. The summed E-state index contributed by atoms with van der Waals surface area (Å²) in [7, 11) is 0. The summed E-state index contributed by atoms with van der Waals surface area (Å²) in [6, 6.07) is 2.48. The summed E-state index contributed by atoms with van der Waals surface area (Å²) in [5, 5.41) is 10.3. The smallest absolute Gasteiger partial charge is 0.231 e. The van der Waals surface area contributed by atoms with Crippen LogP contribution in [0.2, 0.25) is 0 Å². The Hall–Kier alpha value is -1.40. The standard InChI is InChI=1S/C11H19N5O/c12-11(17)8-16-5-2-9(3-6-16)13-7-10-1-4-14-15-10/h1,4,9,13H,2-3,5-8H2,(H2,12,17)(H,14,15). The van der Waals surface area contributed by atoms with Crippen LogP contribution in [0.5, 0.6) is 0 Å². The number of rotatable bonds is 5. The molecular formula is C11H19N5O. The average molecular weight is 237 g/mol. The van der Waals surface area contributed by atoms with Gasteiger partial charge in [-0.25, -0.2) is 0 Å². The van der Waals surface area contributed by atoms with Crippen LogP contribution in [-0.4, -0.2) is 46.7 Å². The number of aromatic amines is 1. The van der Waals surface area contributed by atoms with E-state index in [0.717, 1.165) is 38.2 Å². The number of aromatic nitrogens is 2. The third-order valence-electron chi connectivity index (χ3n) is 3.11. The van der Waals surface area contributed by atoms with Crippen molar-refractivity contribution in [3.8, 4) is 0 Å². The fourth-order valence-electron chi connectivity index (χ4n) is 2.15. The molecule has 6 heteroatoms. The number of H-pyrrole nitrogens is 1. The van der Waals surface area contributed by atoms with Gasteiger partial charge >= 0.3 is 0 Å². The molecule has 0 aromatic carbocycles. The molecule has 4 N–H and O–H groups in total. The monoisotopic (exact) mass is 237 g/mol.